The Balaban J connectivity index is 0.000000237. The lowest BCUT2D eigenvalue weighted by Crippen LogP contribution is -2.29. The van der Waals surface area contributed by atoms with Gasteiger partial charge in [0.1, 0.15) is 6.07 Å². The molecule has 1 N–H and O–H groups in total. The number of rotatable bonds is 5. The van der Waals surface area contributed by atoms with Gasteiger partial charge in [-0.25, -0.2) is 12.7 Å². The normalized spacial score (nSPS) is 14.1. The third-order valence-corrected chi connectivity index (χ3v) is 6.85. The largest absolute Gasteiger partial charge is 0.381 e. The first-order chi connectivity index (χ1) is 13.4. The van der Waals surface area contributed by atoms with Crippen LogP contribution >= 0.6 is 11.6 Å². The van der Waals surface area contributed by atoms with Crippen LogP contribution in [0.25, 0.3) is 0 Å². The van der Waals surface area contributed by atoms with Crippen LogP contribution in [0.3, 0.4) is 0 Å². The second-order valence-electron chi connectivity index (χ2n) is 6.59. The lowest BCUT2D eigenvalue weighted by molar-refractivity contribution is 0.478. The fraction of sp³-hybridized carbons (Fsp3) is 0.381. The Kier molecular flexibility index (Phi) is 8.31. The van der Waals surface area contributed by atoms with Crippen molar-refractivity contribution in [1.82, 2.24) is 4.31 Å². The Morgan fingerprint density at radius 3 is 2.43 bits per heavy atom. The molecular weight excluding hydrogens is 394 g/mol. The molecule has 5 nitrogen and oxygen atoms in total. The molecule has 0 spiro atoms. The van der Waals surface area contributed by atoms with Crippen molar-refractivity contribution in [2.75, 3.05) is 24.2 Å². The van der Waals surface area contributed by atoms with Gasteiger partial charge in [0.05, 0.1) is 16.3 Å². The van der Waals surface area contributed by atoms with Gasteiger partial charge in [-0.15, -0.1) is 0 Å². The first kappa shape index (κ1) is 22.2. The molecule has 1 saturated heterocycles. The van der Waals surface area contributed by atoms with Gasteiger partial charge in [-0.1, -0.05) is 35.9 Å². The van der Waals surface area contributed by atoms with Crippen LogP contribution in [-0.2, 0) is 16.6 Å². The summed E-state index contributed by atoms with van der Waals surface area (Å²) in [4.78, 5) is 0. The fourth-order valence-corrected chi connectivity index (χ4v) is 4.27. The predicted molar refractivity (Wildman–Crippen MR) is 115 cm³/mol. The molecule has 0 unspecified atom stereocenters. The second-order valence-corrected chi connectivity index (χ2v) is 9.26. The summed E-state index contributed by atoms with van der Waals surface area (Å²) < 4.78 is 23.8. The predicted octanol–water partition coefficient (Wildman–Crippen LogP) is 4.56. The van der Waals surface area contributed by atoms with E-state index in [0.717, 1.165) is 38.2 Å². The zero-order chi connectivity index (χ0) is 20.6. The zero-order valence-electron chi connectivity index (χ0n) is 16.3. The quantitative estimate of drug-likeness (QED) is 0.770. The molecule has 0 radical (unpaired) electrons. The maximum absolute atomic E-state index is 11.1. The van der Waals surface area contributed by atoms with Gasteiger partial charge in [0.2, 0.25) is 10.0 Å². The van der Waals surface area contributed by atoms with E-state index >= 15 is 0 Å². The lowest BCUT2D eigenvalue weighted by Gasteiger charge is -2.12. The summed E-state index contributed by atoms with van der Waals surface area (Å²) >= 11 is 5.98. The number of benzene rings is 2. The smallest absolute Gasteiger partial charge is 0.213 e. The van der Waals surface area contributed by atoms with Crippen LogP contribution in [0.1, 0.15) is 36.5 Å². The highest BCUT2D eigenvalue weighted by Crippen LogP contribution is 2.21. The maximum Gasteiger partial charge on any atom is 0.213 e. The summed E-state index contributed by atoms with van der Waals surface area (Å²) in [6.07, 6.45) is 2.05. The summed E-state index contributed by atoms with van der Waals surface area (Å²) in [6, 6.07) is 15.6. The van der Waals surface area contributed by atoms with E-state index in [9.17, 15) is 8.42 Å². The molecule has 0 saturated carbocycles. The SMILES string of the molecule is CCS(=O)(=O)N1CCCC1.Cc1ccccc1CNc1ccc(C#N)c(Cl)c1. The molecule has 1 aliphatic heterocycles. The van der Waals surface area contributed by atoms with Gasteiger partial charge in [0.25, 0.3) is 0 Å². The molecule has 0 aliphatic carbocycles. The average Bonchev–Trinajstić information content (AvgIpc) is 3.24. The van der Waals surface area contributed by atoms with E-state index in [-0.39, 0.29) is 5.75 Å². The monoisotopic (exact) mass is 419 g/mol. The molecule has 0 amide bonds. The highest BCUT2D eigenvalue weighted by atomic mass is 35.5. The van der Waals surface area contributed by atoms with Crippen LogP contribution in [0.4, 0.5) is 5.69 Å². The molecule has 150 valence electrons. The molecule has 3 rings (SSSR count). The summed E-state index contributed by atoms with van der Waals surface area (Å²) in [7, 11) is -2.86. The van der Waals surface area contributed by atoms with Gasteiger partial charge in [-0.3, -0.25) is 0 Å². The van der Waals surface area contributed by atoms with E-state index < -0.39 is 10.0 Å². The number of nitrogens with zero attached hydrogens (tertiary/aromatic N) is 2. The number of nitriles is 1. The van der Waals surface area contributed by atoms with E-state index in [4.69, 9.17) is 16.9 Å². The molecule has 1 heterocycles. The summed E-state index contributed by atoms with van der Waals surface area (Å²) in [5.74, 6) is 0.243. The van der Waals surface area contributed by atoms with Crippen molar-refractivity contribution in [3.63, 3.8) is 0 Å². The third-order valence-electron chi connectivity index (χ3n) is 4.66. The number of nitrogens with one attached hydrogen (secondary N) is 1. The summed E-state index contributed by atoms with van der Waals surface area (Å²) in [5.41, 5.74) is 3.92. The number of anilines is 1. The van der Waals surface area contributed by atoms with E-state index in [1.165, 1.54) is 11.1 Å². The minimum absolute atomic E-state index is 0.243. The van der Waals surface area contributed by atoms with Crippen molar-refractivity contribution in [1.29, 1.82) is 5.26 Å². The van der Waals surface area contributed by atoms with E-state index in [2.05, 4.69) is 24.4 Å². The molecule has 28 heavy (non-hydrogen) atoms. The molecule has 1 aliphatic rings. The molecule has 7 heteroatoms. The van der Waals surface area contributed by atoms with Crippen LogP contribution in [-0.4, -0.2) is 31.6 Å². The van der Waals surface area contributed by atoms with Crippen molar-refractivity contribution in [2.24, 2.45) is 0 Å². The molecule has 2 aromatic carbocycles. The van der Waals surface area contributed by atoms with Gasteiger partial charge in [-0.05, 0) is 56.0 Å². The lowest BCUT2D eigenvalue weighted by atomic mass is 10.1. The van der Waals surface area contributed by atoms with Gasteiger partial charge < -0.3 is 5.32 Å². The Bertz CT molecular complexity index is 933. The number of halogens is 1. The van der Waals surface area contributed by atoms with Crippen LogP contribution in [0, 0.1) is 18.3 Å². The van der Waals surface area contributed by atoms with E-state index in [1.54, 1.807) is 23.4 Å². The maximum atomic E-state index is 11.1. The molecule has 0 bridgehead atoms. The molecule has 1 fully saturated rings. The number of hydrogen-bond donors (Lipinski definition) is 1. The van der Waals surface area contributed by atoms with Crippen LogP contribution in [0.15, 0.2) is 42.5 Å². The zero-order valence-corrected chi connectivity index (χ0v) is 17.9. The minimum Gasteiger partial charge on any atom is -0.381 e. The van der Waals surface area contributed by atoms with Gasteiger partial charge in [0, 0.05) is 25.3 Å². The standard InChI is InChI=1S/C15H13ClN2.C6H13NO2S/c1-11-4-2-3-5-13(11)10-18-14-7-6-12(9-17)15(16)8-14;1-2-10(8,9)7-5-3-4-6-7/h2-8,18H,10H2,1H3;2-6H2,1H3. The van der Waals surface area contributed by atoms with E-state index in [1.807, 2.05) is 24.3 Å². The van der Waals surface area contributed by atoms with Crippen LogP contribution in [0.2, 0.25) is 5.02 Å². The average molecular weight is 420 g/mol. The highest BCUT2D eigenvalue weighted by molar-refractivity contribution is 7.89. The molecule has 0 atom stereocenters. The Morgan fingerprint density at radius 2 is 1.86 bits per heavy atom. The minimum atomic E-state index is -2.86. The number of hydrogen-bond acceptors (Lipinski definition) is 4. The first-order valence-corrected chi connectivity index (χ1v) is 11.3. The van der Waals surface area contributed by atoms with Crippen molar-refractivity contribution in [3.8, 4) is 6.07 Å². The van der Waals surface area contributed by atoms with Crippen molar-refractivity contribution >= 4 is 27.3 Å². The number of aryl methyl sites for hydroxylation is 1. The van der Waals surface area contributed by atoms with Crippen molar-refractivity contribution in [3.05, 3.63) is 64.2 Å². The molecular formula is C21H26ClN3O2S. The van der Waals surface area contributed by atoms with Gasteiger partial charge >= 0.3 is 0 Å². The first-order valence-electron chi connectivity index (χ1n) is 9.33. The van der Waals surface area contributed by atoms with Crippen LogP contribution in [0.5, 0.6) is 0 Å². The summed E-state index contributed by atoms with van der Waals surface area (Å²) in [5, 5.41) is 12.6. The topological polar surface area (TPSA) is 73.2 Å². The Hall–Kier alpha value is -2.07. The van der Waals surface area contributed by atoms with Gasteiger partial charge in [0.15, 0.2) is 0 Å². The van der Waals surface area contributed by atoms with E-state index in [0.29, 0.717) is 10.6 Å². The van der Waals surface area contributed by atoms with Crippen LogP contribution < -0.4 is 5.32 Å². The molecule has 2 aromatic rings. The number of sulfonamides is 1. The van der Waals surface area contributed by atoms with Crippen molar-refractivity contribution < 1.29 is 8.42 Å². The highest BCUT2D eigenvalue weighted by Gasteiger charge is 2.22. The molecule has 0 aromatic heterocycles. The third kappa shape index (κ3) is 6.23. The van der Waals surface area contributed by atoms with Crippen molar-refractivity contribution in [2.45, 2.75) is 33.2 Å². The van der Waals surface area contributed by atoms with Gasteiger partial charge in [-0.2, -0.15) is 5.26 Å². The second kappa shape index (κ2) is 10.5. The fourth-order valence-electron chi connectivity index (χ4n) is 2.87. The Morgan fingerprint density at radius 1 is 1.18 bits per heavy atom. The Labute approximate surface area is 173 Å². The summed E-state index contributed by atoms with van der Waals surface area (Å²) in [6.45, 7) is 5.98.